The smallest absolute Gasteiger partial charge is 0.410 e. The molecule has 0 unspecified atom stereocenters. The van der Waals surface area contributed by atoms with Crippen molar-refractivity contribution in [1.29, 1.82) is 0 Å². The second kappa shape index (κ2) is 6.20. The van der Waals surface area contributed by atoms with Crippen LogP contribution in [0.2, 0.25) is 0 Å². The quantitative estimate of drug-likeness (QED) is 0.625. The largest absolute Gasteiger partial charge is 0.444 e. The minimum absolute atomic E-state index is 0.243. The summed E-state index contributed by atoms with van der Waals surface area (Å²) in [5, 5.41) is 1.27. The van der Waals surface area contributed by atoms with E-state index in [-0.39, 0.29) is 6.09 Å². The molecular weight excluding hydrogens is 324 g/mol. The number of ether oxygens (including phenoxy) is 1. The van der Waals surface area contributed by atoms with Crippen molar-refractivity contribution < 1.29 is 9.53 Å². The van der Waals surface area contributed by atoms with E-state index in [1.165, 1.54) is 22.2 Å². The highest BCUT2D eigenvalue weighted by Crippen LogP contribution is 2.33. The van der Waals surface area contributed by atoms with Crippen LogP contribution in [0.4, 0.5) is 4.79 Å². The lowest BCUT2D eigenvalue weighted by molar-refractivity contribution is 0.0221. The summed E-state index contributed by atoms with van der Waals surface area (Å²) in [4.78, 5) is 14.4. The lowest BCUT2D eigenvalue weighted by Crippen LogP contribution is -2.40. The summed E-state index contributed by atoms with van der Waals surface area (Å²) in [6, 6.07) is 18.8. The van der Waals surface area contributed by atoms with E-state index in [0.29, 0.717) is 13.1 Å². The van der Waals surface area contributed by atoms with Crippen molar-refractivity contribution in [2.45, 2.75) is 39.3 Å². The van der Waals surface area contributed by atoms with Gasteiger partial charge in [0.2, 0.25) is 0 Å². The van der Waals surface area contributed by atoms with Crippen LogP contribution in [0.15, 0.2) is 54.6 Å². The summed E-state index contributed by atoms with van der Waals surface area (Å²) in [6.45, 7) is 6.96. The molecule has 134 valence electrons. The molecule has 4 rings (SSSR count). The Hall–Kier alpha value is -2.75. The van der Waals surface area contributed by atoms with Crippen LogP contribution in [0.3, 0.4) is 0 Å². The molecular formula is C22H24N2O2. The second-order valence-corrected chi connectivity index (χ2v) is 7.77. The van der Waals surface area contributed by atoms with E-state index in [9.17, 15) is 4.79 Å². The predicted molar refractivity (Wildman–Crippen MR) is 104 cm³/mol. The maximum Gasteiger partial charge on any atom is 0.410 e. The van der Waals surface area contributed by atoms with Crippen molar-refractivity contribution >= 4 is 17.0 Å². The number of carbonyl (C=O) groups is 1. The van der Waals surface area contributed by atoms with Gasteiger partial charge in [-0.3, -0.25) is 0 Å². The van der Waals surface area contributed by atoms with E-state index in [4.69, 9.17) is 4.74 Å². The number of hydrogen-bond acceptors (Lipinski definition) is 2. The van der Waals surface area contributed by atoms with Crippen LogP contribution in [0.1, 0.15) is 32.0 Å². The number of nitrogens with zero attached hydrogens (tertiary/aromatic N) is 2. The van der Waals surface area contributed by atoms with E-state index >= 15 is 0 Å². The summed E-state index contributed by atoms with van der Waals surface area (Å²) in [6.07, 6.45) is 0.600. The Bertz CT molecular complexity index is 951. The molecule has 4 nitrogen and oxygen atoms in total. The molecule has 2 heterocycles. The molecule has 1 aromatic heterocycles. The summed E-state index contributed by atoms with van der Waals surface area (Å²) in [5.74, 6) is 0. The zero-order chi connectivity index (χ0) is 18.3. The Balaban J connectivity index is 1.80. The van der Waals surface area contributed by atoms with Crippen LogP contribution in [-0.2, 0) is 17.7 Å². The zero-order valence-corrected chi connectivity index (χ0v) is 15.5. The highest BCUT2D eigenvalue weighted by atomic mass is 16.6. The SMILES string of the molecule is CC(C)(C)OC(=O)N1CCc2c(n(-c3ccccc3)c3ccccc23)C1. The summed E-state index contributed by atoms with van der Waals surface area (Å²) >= 11 is 0. The van der Waals surface area contributed by atoms with E-state index in [1.807, 2.05) is 43.9 Å². The van der Waals surface area contributed by atoms with Crippen LogP contribution in [-0.4, -0.2) is 27.7 Å². The average molecular weight is 348 g/mol. The molecule has 0 saturated carbocycles. The first kappa shape index (κ1) is 16.7. The molecule has 4 heteroatoms. The van der Waals surface area contributed by atoms with E-state index in [0.717, 1.165) is 12.1 Å². The maximum absolute atomic E-state index is 12.6. The number of aromatic nitrogens is 1. The Morgan fingerprint density at radius 3 is 2.42 bits per heavy atom. The van der Waals surface area contributed by atoms with Gasteiger partial charge in [-0.25, -0.2) is 4.79 Å². The number of rotatable bonds is 1. The van der Waals surface area contributed by atoms with Crippen molar-refractivity contribution in [1.82, 2.24) is 9.47 Å². The van der Waals surface area contributed by atoms with E-state index in [1.54, 1.807) is 0 Å². The van der Waals surface area contributed by atoms with Gasteiger partial charge in [0.05, 0.1) is 12.1 Å². The Kier molecular flexibility index (Phi) is 3.98. The zero-order valence-electron chi connectivity index (χ0n) is 15.5. The predicted octanol–water partition coefficient (Wildman–Crippen LogP) is 4.92. The van der Waals surface area contributed by atoms with Crippen molar-refractivity contribution in [3.05, 3.63) is 65.9 Å². The molecule has 0 N–H and O–H groups in total. The normalized spacial score (nSPS) is 14.3. The first-order valence-corrected chi connectivity index (χ1v) is 9.08. The molecule has 0 radical (unpaired) electrons. The topological polar surface area (TPSA) is 34.5 Å². The minimum atomic E-state index is -0.483. The van der Waals surface area contributed by atoms with Gasteiger partial charge in [-0.1, -0.05) is 36.4 Å². The van der Waals surface area contributed by atoms with Crippen molar-refractivity contribution in [3.63, 3.8) is 0 Å². The average Bonchev–Trinajstić information content (AvgIpc) is 2.94. The van der Waals surface area contributed by atoms with Gasteiger partial charge in [0, 0.05) is 23.3 Å². The fraction of sp³-hybridized carbons (Fsp3) is 0.318. The molecule has 0 atom stereocenters. The molecule has 1 aliphatic rings. The van der Waals surface area contributed by atoms with Gasteiger partial charge < -0.3 is 14.2 Å². The lowest BCUT2D eigenvalue weighted by atomic mass is 10.0. The Morgan fingerprint density at radius 1 is 1.00 bits per heavy atom. The molecule has 0 spiro atoms. The van der Waals surface area contributed by atoms with Gasteiger partial charge in [0.25, 0.3) is 0 Å². The van der Waals surface area contributed by atoms with Crippen molar-refractivity contribution in [3.8, 4) is 5.69 Å². The molecule has 0 saturated heterocycles. The van der Waals surface area contributed by atoms with Crippen LogP contribution in [0.25, 0.3) is 16.6 Å². The molecule has 26 heavy (non-hydrogen) atoms. The number of fused-ring (bicyclic) bond motifs is 3. The molecule has 3 aromatic rings. The van der Waals surface area contributed by atoms with Crippen molar-refractivity contribution in [2.24, 2.45) is 0 Å². The third kappa shape index (κ3) is 2.96. The van der Waals surface area contributed by atoms with Gasteiger partial charge in [0.15, 0.2) is 0 Å². The highest BCUT2D eigenvalue weighted by Gasteiger charge is 2.29. The van der Waals surface area contributed by atoms with Crippen LogP contribution in [0.5, 0.6) is 0 Å². The highest BCUT2D eigenvalue weighted by molar-refractivity contribution is 5.88. The minimum Gasteiger partial charge on any atom is -0.444 e. The van der Waals surface area contributed by atoms with Gasteiger partial charge in [-0.15, -0.1) is 0 Å². The summed E-state index contributed by atoms with van der Waals surface area (Å²) < 4.78 is 7.87. The number of carbonyl (C=O) groups excluding carboxylic acids is 1. The summed E-state index contributed by atoms with van der Waals surface area (Å²) in [7, 11) is 0. The third-order valence-electron chi connectivity index (χ3n) is 4.73. The standard InChI is InChI=1S/C22H24N2O2/c1-22(2,3)26-21(25)23-14-13-18-17-11-7-8-12-19(17)24(20(18)15-23)16-9-5-4-6-10-16/h4-12H,13-15H2,1-3H3. The molecule has 1 aliphatic heterocycles. The number of amides is 1. The third-order valence-corrected chi connectivity index (χ3v) is 4.73. The first-order valence-electron chi connectivity index (χ1n) is 9.08. The number of hydrogen-bond donors (Lipinski definition) is 0. The van der Waals surface area contributed by atoms with Crippen LogP contribution in [0, 0.1) is 0 Å². The van der Waals surface area contributed by atoms with Gasteiger partial charge in [-0.2, -0.15) is 0 Å². The summed E-state index contributed by atoms with van der Waals surface area (Å²) in [5.41, 5.74) is 4.34. The van der Waals surface area contributed by atoms with Gasteiger partial charge >= 0.3 is 6.09 Å². The molecule has 0 fully saturated rings. The fourth-order valence-corrected chi connectivity index (χ4v) is 3.67. The monoisotopic (exact) mass is 348 g/mol. The first-order chi connectivity index (χ1) is 12.4. The Morgan fingerprint density at radius 2 is 1.69 bits per heavy atom. The number of para-hydroxylation sites is 2. The van der Waals surface area contributed by atoms with Crippen LogP contribution >= 0.6 is 0 Å². The lowest BCUT2D eigenvalue weighted by Gasteiger charge is -2.31. The molecule has 0 bridgehead atoms. The fourth-order valence-electron chi connectivity index (χ4n) is 3.67. The van der Waals surface area contributed by atoms with E-state index in [2.05, 4.69) is 41.0 Å². The van der Waals surface area contributed by atoms with Crippen molar-refractivity contribution in [2.75, 3.05) is 6.54 Å². The van der Waals surface area contributed by atoms with Gasteiger partial charge in [-0.05, 0) is 51.0 Å². The van der Waals surface area contributed by atoms with E-state index < -0.39 is 5.60 Å². The number of benzene rings is 2. The Labute approximate surface area is 154 Å². The maximum atomic E-state index is 12.6. The molecule has 0 aliphatic carbocycles. The molecule has 2 aromatic carbocycles. The molecule has 1 amide bonds. The van der Waals surface area contributed by atoms with Gasteiger partial charge in [0.1, 0.15) is 5.60 Å². The van der Waals surface area contributed by atoms with Crippen LogP contribution < -0.4 is 0 Å². The second-order valence-electron chi connectivity index (χ2n) is 7.77.